The van der Waals surface area contributed by atoms with E-state index in [1.54, 1.807) is 0 Å². The van der Waals surface area contributed by atoms with Crippen molar-refractivity contribution < 1.29 is 5.73 Å². The summed E-state index contributed by atoms with van der Waals surface area (Å²) in [6.07, 6.45) is -1.22. The van der Waals surface area contributed by atoms with Gasteiger partial charge in [0.2, 0.25) is 0 Å². The maximum absolute atomic E-state index is 3.49. The minimum Gasteiger partial charge on any atom is -0.358 e. The van der Waals surface area contributed by atoms with Crippen LogP contribution in [0.4, 0.5) is 0 Å². The van der Waals surface area contributed by atoms with Crippen LogP contribution in [0, 0.1) is 0 Å². The maximum atomic E-state index is 3.49. The molecule has 0 radical (unpaired) electrons. The van der Waals surface area contributed by atoms with Gasteiger partial charge in [-0.25, -0.2) is 0 Å². The van der Waals surface area contributed by atoms with Gasteiger partial charge in [0.05, 0.1) is 6.54 Å². The molecule has 0 unspecified atom stereocenters. The fourth-order valence-corrected chi connectivity index (χ4v) is 4.12. The summed E-state index contributed by atoms with van der Waals surface area (Å²) < 4.78 is 0. The van der Waals surface area contributed by atoms with Crippen LogP contribution in [-0.4, -0.2) is 12.7 Å². The summed E-state index contributed by atoms with van der Waals surface area (Å²) >= 11 is 0. The molecule has 0 fully saturated rings. The lowest BCUT2D eigenvalue weighted by atomic mass is 9.13. The minimum atomic E-state index is -1.22. The summed E-state index contributed by atoms with van der Waals surface area (Å²) in [5.41, 5.74) is 8.84. The summed E-state index contributed by atoms with van der Waals surface area (Å²) in [4.78, 5) is 0. The highest BCUT2D eigenvalue weighted by Crippen LogP contribution is 2.09. The lowest BCUT2D eigenvalue weighted by molar-refractivity contribution is -0.361. The minimum absolute atomic E-state index is 1.00. The van der Waals surface area contributed by atoms with Gasteiger partial charge in [-0.3, -0.25) is 0 Å². The van der Waals surface area contributed by atoms with E-state index in [1.807, 2.05) is 6.92 Å². The lowest BCUT2D eigenvalue weighted by Crippen LogP contribution is -2.74. The smallest absolute Gasteiger partial charge is 0.108 e. The largest absolute Gasteiger partial charge is 0.358 e. The van der Waals surface area contributed by atoms with Gasteiger partial charge in [0, 0.05) is 0 Å². The summed E-state index contributed by atoms with van der Waals surface area (Å²) in [7, 11) is 0. The second kappa shape index (κ2) is 9.73. The third kappa shape index (κ3) is 3.93. The zero-order chi connectivity index (χ0) is 19.7. The van der Waals surface area contributed by atoms with Gasteiger partial charge in [-0.05, 0) is 6.92 Å². The molecule has 0 saturated heterocycles. The van der Waals surface area contributed by atoms with Crippen molar-refractivity contribution in [2.24, 2.45) is 0 Å². The van der Waals surface area contributed by atoms with Crippen LogP contribution in [0.1, 0.15) is 6.92 Å². The third-order valence-corrected chi connectivity index (χ3v) is 5.20. The summed E-state index contributed by atoms with van der Waals surface area (Å²) in [6.45, 7) is 3.01. The van der Waals surface area contributed by atoms with Crippen molar-refractivity contribution in [3.8, 4) is 0 Å². The van der Waals surface area contributed by atoms with E-state index in [0.717, 1.165) is 6.54 Å². The molecule has 0 aromatic heterocycles. The van der Waals surface area contributed by atoms with E-state index in [9.17, 15) is 0 Å². The topological polar surface area (TPSA) is 27.6 Å². The molecule has 0 atom stereocenters. The van der Waals surface area contributed by atoms with Gasteiger partial charge in [-0.2, -0.15) is 21.9 Å². The Morgan fingerprint density at radius 1 is 0.464 bits per heavy atom. The van der Waals surface area contributed by atoms with Crippen LogP contribution in [-0.2, 0) is 0 Å². The van der Waals surface area contributed by atoms with Crippen molar-refractivity contribution in [1.29, 1.82) is 0 Å². The standard InChI is InChI=1S/C24H20B.C2H7N/c1-5-13-21(14-6-1)25(22-15-7-2-8-16-22,23-17-9-3-10-18-23)24-19-11-4-12-20-24;1-2-3/h1-20H;2-3H2,1H3/q-1;/p+1. The molecule has 4 rings (SSSR count). The van der Waals surface area contributed by atoms with Gasteiger partial charge in [0.1, 0.15) is 6.15 Å². The van der Waals surface area contributed by atoms with Crippen molar-refractivity contribution in [3.05, 3.63) is 121 Å². The molecule has 28 heavy (non-hydrogen) atoms. The van der Waals surface area contributed by atoms with E-state index in [-0.39, 0.29) is 0 Å². The van der Waals surface area contributed by atoms with E-state index in [4.69, 9.17) is 0 Å². The highest BCUT2D eigenvalue weighted by atomic mass is 14.5. The molecule has 0 aliphatic heterocycles. The van der Waals surface area contributed by atoms with Crippen LogP contribution >= 0.6 is 0 Å². The summed E-state index contributed by atoms with van der Waals surface area (Å²) in [5.74, 6) is 0. The number of rotatable bonds is 4. The highest BCUT2D eigenvalue weighted by molar-refractivity contribution is 7.19. The molecular weight excluding hydrogens is 337 g/mol. The zero-order valence-electron chi connectivity index (χ0n) is 16.5. The van der Waals surface area contributed by atoms with Crippen molar-refractivity contribution >= 4 is 28.0 Å². The first-order chi connectivity index (χ1) is 13.8. The van der Waals surface area contributed by atoms with Crippen LogP contribution < -0.4 is 27.6 Å². The predicted molar refractivity (Wildman–Crippen MR) is 123 cm³/mol. The molecule has 2 heteroatoms. The lowest BCUT2D eigenvalue weighted by Gasteiger charge is -2.44. The van der Waals surface area contributed by atoms with Gasteiger partial charge >= 0.3 is 0 Å². The second-order valence-corrected chi connectivity index (χ2v) is 7.01. The summed E-state index contributed by atoms with van der Waals surface area (Å²) in [5, 5.41) is 0. The number of hydrogen-bond donors (Lipinski definition) is 1. The molecule has 0 spiro atoms. The first-order valence-electron chi connectivity index (χ1n) is 10.0. The number of quaternary nitrogens is 1. The average molecular weight is 365 g/mol. The van der Waals surface area contributed by atoms with Crippen molar-refractivity contribution in [3.63, 3.8) is 0 Å². The van der Waals surface area contributed by atoms with Crippen LogP contribution in [0.25, 0.3) is 0 Å². The van der Waals surface area contributed by atoms with Gasteiger partial charge in [0.25, 0.3) is 0 Å². The molecule has 0 aliphatic carbocycles. The molecule has 1 nitrogen and oxygen atoms in total. The van der Waals surface area contributed by atoms with Crippen LogP contribution in [0.2, 0.25) is 0 Å². The fourth-order valence-electron chi connectivity index (χ4n) is 4.12. The van der Waals surface area contributed by atoms with Gasteiger partial charge < -0.3 is 5.73 Å². The molecule has 0 aliphatic rings. The highest BCUT2D eigenvalue weighted by Gasteiger charge is 2.30. The van der Waals surface area contributed by atoms with Crippen molar-refractivity contribution in [1.82, 2.24) is 0 Å². The van der Waals surface area contributed by atoms with Gasteiger partial charge in [0.15, 0.2) is 0 Å². The van der Waals surface area contributed by atoms with Crippen LogP contribution in [0.15, 0.2) is 121 Å². The molecule has 3 N–H and O–H groups in total. The normalized spacial score (nSPS) is 10.6. The Labute approximate surface area is 168 Å². The first-order valence-corrected chi connectivity index (χ1v) is 10.0. The van der Waals surface area contributed by atoms with Gasteiger partial charge in [-0.1, -0.05) is 121 Å². The maximum Gasteiger partial charge on any atom is 0.108 e. The molecule has 140 valence electrons. The molecule has 4 aromatic rings. The van der Waals surface area contributed by atoms with E-state index < -0.39 is 6.15 Å². The Balaban J connectivity index is 0.000000706. The molecular formula is C26H28BN. The summed E-state index contributed by atoms with van der Waals surface area (Å²) in [6, 6.07) is 43.5. The van der Waals surface area contributed by atoms with E-state index in [0.29, 0.717) is 0 Å². The number of benzene rings is 4. The second-order valence-electron chi connectivity index (χ2n) is 7.01. The predicted octanol–water partition coefficient (Wildman–Crippen LogP) is 2.31. The van der Waals surface area contributed by atoms with Gasteiger partial charge in [-0.15, -0.1) is 0 Å². The van der Waals surface area contributed by atoms with Crippen molar-refractivity contribution in [2.45, 2.75) is 6.92 Å². The molecule has 4 aromatic carbocycles. The zero-order valence-corrected chi connectivity index (χ0v) is 16.5. The molecule has 0 heterocycles. The first kappa shape index (κ1) is 19.7. The Morgan fingerprint density at radius 3 is 0.821 bits per heavy atom. The average Bonchev–Trinajstić information content (AvgIpc) is 2.78. The van der Waals surface area contributed by atoms with E-state index >= 15 is 0 Å². The number of hydrogen-bond acceptors (Lipinski definition) is 0. The van der Waals surface area contributed by atoms with E-state index in [2.05, 4.69) is 127 Å². The molecule has 0 saturated carbocycles. The third-order valence-electron chi connectivity index (χ3n) is 5.20. The molecule has 0 bridgehead atoms. The Bertz CT molecular complexity index is 775. The molecule has 0 amide bonds. The van der Waals surface area contributed by atoms with E-state index in [1.165, 1.54) is 21.9 Å². The van der Waals surface area contributed by atoms with Crippen LogP contribution in [0.3, 0.4) is 0 Å². The Kier molecular flexibility index (Phi) is 6.83. The van der Waals surface area contributed by atoms with Crippen LogP contribution in [0.5, 0.6) is 0 Å². The quantitative estimate of drug-likeness (QED) is 0.538. The SMILES string of the molecule is CC[NH3+].c1ccc([B-](c2ccccc2)(c2ccccc2)c2ccccc2)cc1. The fraction of sp³-hybridized carbons (Fsp3) is 0.0769. The Morgan fingerprint density at radius 2 is 0.643 bits per heavy atom. The van der Waals surface area contributed by atoms with Crippen molar-refractivity contribution in [2.75, 3.05) is 6.54 Å². The monoisotopic (exact) mass is 365 g/mol. The Hall–Kier alpha value is -3.10.